The lowest BCUT2D eigenvalue weighted by Gasteiger charge is -2.31. The maximum Gasteiger partial charge on any atom is 0.234 e. The van der Waals surface area contributed by atoms with Crippen LogP contribution < -0.4 is 16.0 Å². The van der Waals surface area contributed by atoms with Crippen LogP contribution in [0.1, 0.15) is 26.7 Å². The van der Waals surface area contributed by atoms with Crippen LogP contribution in [-0.2, 0) is 4.74 Å². The van der Waals surface area contributed by atoms with Gasteiger partial charge in [-0.05, 0) is 13.8 Å². The van der Waals surface area contributed by atoms with Gasteiger partial charge in [-0.3, -0.25) is 4.98 Å². The first-order valence-corrected chi connectivity index (χ1v) is 5.78. The number of hydrogen-bond acceptors (Lipinski definition) is 6. The van der Waals surface area contributed by atoms with Crippen LogP contribution in [0.5, 0.6) is 5.88 Å². The van der Waals surface area contributed by atoms with E-state index in [9.17, 15) is 0 Å². The predicted octanol–water partition coefficient (Wildman–Crippen LogP) is 1.10. The Morgan fingerprint density at radius 2 is 2.06 bits per heavy atom. The van der Waals surface area contributed by atoms with E-state index in [4.69, 9.17) is 15.3 Å². The van der Waals surface area contributed by atoms with Gasteiger partial charge in [-0.15, -0.1) is 0 Å². The van der Waals surface area contributed by atoms with Gasteiger partial charge in [-0.1, -0.05) is 0 Å². The molecule has 17 heavy (non-hydrogen) atoms. The quantitative estimate of drug-likeness (QED) is 0.606. The first kappa shape index (κ1) is 12.1. The third-order valence-corrected chi connectivity index (χ3v) is 2.70. The topological polar surface area (TPSA) is 82.3 Å². The Balaban J connectivity index is 1.99. The number of aromatic nitrogens is 2. The van der Waals surface area contributed by atoms with E-state index in [0.717, 1.165) is 12.8 Å². The highest BCUT2D eigenvalue weighted by Gasteiger charge is 2.26. The summed E-state index contributed by atoms with van der Waals surface area (Å²) in [5.41, 5.74) is 2.44. The molecule has 6 heteroatoms. The molecule has 1 aromatic rings. The largest absolute Gasteiger partial charge is 0.473 e. The molecule has 2 rings (SSSR count). The van der Waals surface area contributed by atoms with Gasteiger partial charge in [0.05, 0.1) is 24.6 Å². The van der Waals surface area contributed by atoms with E-state index >= 15 is 0 Å². The van der Waals surface area contributed by atoms with Crippen LogP contribution in [0.4, 0.5) is 5.82 Å². The molecule has 6 nitrogen and oxygen atoms in total. The third kappa shape index (κ3) is 3.28. The van der Waals surface area contributed by atoms with Gasteiger partial charge < -0.3 is 14.9 Å². The van der Waals surface area contributed by atoms with E-state index < -0.39 is 0 Å². The van der Waals surface area contributed by atoms with Crippen molar-refractivity contribution in [2.24, 2.45) is 5.84 Å². The minimum atomic E-state index is 0.121. The Labute approximate surface area is 101 Å². The van der Waals surface area contributed by atoms with Crippen LogP contribution in [0, 0.1) is 0 Å². The van der Waals surface area contributed by atoms with Crippen molar-refractivity contribution < 1.29 is 9.47 Å². The fourth-order valence-electron chi connectivity index (χ4n) is 2.09. The van der Waals surface area contributed by atoms with Crippen LogP contribution in [0.25, 0.3) is 0 Å². The summed E-state index contributed by atoms with van der Waals surface area (Å²) in [6, 6.07) is 0. The molecule has 94 valence electrons. The lowest BCUT2D eigenvalue weighted by Crippen LogP contribution is -2.35. The van der Waals surface area contributed by atoms with Gasteiger partial charge in [0.1, 0.15) is 6.10 Å². The number of nitrogens with zero attached hydrogens (tertiary/aromatic N) is 2. The van der Waals surface area contributed by atoms with Crippen molar-refractivity contribution >= 4 is 5.82 Å². The van der Waals surface area contributed by atoms with Crippen LogP contribution >= 0.6 is 0 Å². The number of anilines is 1. The molecule has 3 N–H and O–H groups in total. The van der Waals surface area contributed by atoms with E-state index in [1.54, 1.807) is 12.4 Å². The van der Waals surface area contributed by atoms with Crippen LogP contribution in [-0.4, -0.2) is 28.3 Å². The standard InChI is InChI=1S/C11H18N4O2/c1-7-3-9(4-8(2)16-7)17-11-6-13-5-10(14-11)15-12/h5-9H,3-4,12H2,1-2H3,(H,14,15). The molecule has 0 bridgehead atoms. The SMILES string of the molecule is CC1CC(Oc2cncc(NN)n2)CC(C)O1. The summed E-state index contributed by atoms with van der Waals surface area (Å²) in [5, 5.41) is 0. The number of nitrogens with one attached hydrogen (secondary N) is 1. The fourth-order valence-corrected chi connectivity index (χ4v) is 2.09. The molecule has 2 heterocycles. The van der Waals surface area contributed by atoms with Gasteiger partial charge in [0.2, 0.25) is 5.88 Å². The number of hydrogen-bond donors (Lipinski definition) is 2. The van der Waals surface area contributed by atoms with E-state index in [2.05, 4.69) is 29.2 Å². The Kier molecular flexibility index (Phi) is 3.75. The second kappa shape index (κ2) is 5.29. The number of nitrogen functional groups attached to an aromatic ring is 1. The monoisotopic (exact) mass is 238 g/mol. The average Bonchev–Trinajstić information content (AvgIpc) is 2.28. The van der Waals surface area contributed by atoms with Gasteiger partial charge in [0.15, 0.2) is 5.82 Å². The molecule has 0 radical (unpaired) electrons. The molecule has 1 fully saturated rings. The van der Waals surface area contributed by atoms with Crippen molar-refractivity contribution in [2.75, 3.05) is 5.43 Å². The number of hydrazine groups is 1. The van der Waals surface area contributed by atoms with Crippen molar-refractivity contribution in [3.63, 3.8) is 0 Å². The summed E-state index contributed by atoms with van der Waals surface area (Å²) in [5.74, 6) is 6.26. The highest BCUT2D eigenvalue weighted by Crippen LogP contribution is 2.23. The molecule has 1 aliphatic heterocycles. The molecule has 0 amide bonds. The zero-order valence-electron chi connectivity index (χ0n) is 10.1. The molecule has 0 saturated carbocycles. The third-order valence-electron chi connectivity index (χ3n) is 2.70. The van der Waals surface area contributed by atoms with Crippen LogP contribution in [0.15, 0.2) is 12.4 Å². The fraction of sp³-hybridized carbons (Fsp3) is 0.636. The second-order valence-electron chi connectivity index (χ2n) is 4.36. The van der Waals surface area contributed by atoms with E-state index in [-0.39, 0.29) is 18.3 Å². The maximum atomic E-state index is 5.79. The first-order chi connectivity index (χ1) is 8.17. The number of ether oxygens (including phenoxy) is 2. The minimum absolute atomic E-state index is 0.121. The van der Waals surface area contributed by atoms with Gasteiger partial charge >= 0.3 is 0 Å². The van der Waals surface area contributed by atoms with Crippen molar-refractivity contribution in [3.8, 4) is 5.88 Å². The lowest BCUT2D eigenvalue weighted by molar-refractivity contribution is -0.0730. The van der Waals surface area contributed by atoms with Crippen LogP contribution in [0.3, 0.4) is 0 Å². The summed E-state index contributed by atoms with van der Waals surface area (Å²) < 4.78 is 11.4. The van der Waals surface area contributed by atoms with Gasteiger partial charge in [-0.25, -0.2) is 5.84 Å². The Bertz CT molecular complexity index is 364. The van der Waals surface area contributed by atoms with E-state index in [1.807, 2.05) is 0 Å². The highest BCUT2D eigenvalue weighted by atomic mass is 16.5. The molecule has 0 aliphatic carbocycles. The average molecular weight is 238 g/mol. The molecule has 1 saturated heterocycles. The normalized spacial score (nSPS) is 28.8. The molecule has 0 aromatic carbocycles. The van der Waals surface area contributed by atoms with Gasteiger partial charge in [-0.2, -0.15) is 4.98 Å². The smallest absolute Gasteiger partial charge is 0.234 e. The lowest BCUT2D eigenvalue weighted by atomic mass is 10.0. The highest BCUT2D eigenvalue weighted by molar-refractivity contribution is 5.31. The Morgan fingerprint density at radius 1 is 1.35 bits per heavy atom. The molecule has 1 aliphatic rings. The maximum absolute atomic E-state index is 5.79. The summed E-state index contributed by atoms with van der Waals surface area (Å²) in [7, 11) is 0. The zero-order valence-corrected chi connectivity index (χ0v) is 10.1. The minimum Gasteiger partial charge on any atom is -0.473 e. The Morgan fingerprint density at radius 3 is 2.71 bits per heavy atom. The Hall–Kier alpha value is -1.40. The van der Waals surface area contributed by atoms with Crippen molar-refractivity contribution in [3.05, 3.63) is 12.4 Å². The van der Waals surface area contributed by atoms with E-state index in [0.29, 0.717) is 11.7 Å². The summed E-state index contributed by atoms with van der Waals surface area (Å²) in [4.78, 5) is 8.17. The molecule has 2 unspecified atom stereocenters. The van der Waals surface area contributed by atoms with Gasteiger partial charge in [0, 0.05) is 12.8 Å². The van der Waals surface area contributed by atoms with Crippen molar-refractivity contribution in [1.82, 2.24) is 9.97 Å². The molecule has 1 aromatic heterocycles. The summed E-state index contributed by atoms with van der Waals surface area (Å²) >= 11 is 0. The van der Waals surface area contributed by atoms with Crippen molar-refractivity contribution in [2.45, 2.75) is 45.0 Å². The zero-order chi connectivity index (χ0) is 12.3. The van der Waals surface area contributed by atoms with Crippen molar-refractivity contribution in [1.29, 1.82) is 0 Å². The molecular weight excluding hydrogens is 220 g/mol. The van der Waals surface area contributed by atoms with Gasteiger partial charge in [0.25, 0.3) is 0 Å². The summed E-state index contributed by atoms with van der Waals surface area (Å²) in [6.07, 6.45) is 5.42. The predicted molar refractivity (Wildman–Crippen MR) is 63.5 cm³/mol. The summed E-state index contributed by atoms with van der Waals surface area (Å²) in [6.45, 7) is 4.10. The van der Waals surface area contributed by atoms with E-state index in [1.165, 1.54) is 0 Å². The molecule has 2 atom stereocenters. The molecule has 0 spiro atoms. The number of rotatable bonds is 3. The first-order valence-electron chi connectivity index (χ1n) is 5.78. The second-order valence-corrected chi connectivity index (χ2v) is 4.36. The van der Waals surface area contributed by atoms with Crippen LogP contribution in [0.2, 0.25) is 0 Å². The molecular formula is C11H18N4O2. The number of nitrogens with two attached hydrogens (primary N) is 1.